The second-order valence-electron chi connectivity index (χ2n) is 5.02. The Hall–Kier alpha value is -1.96. The van der Waals surface area contributed by atoms with Crippen LogP contribution in [-0.4, -0.2) is 14.1 Å². The van der Waals surface area contributed by atoms with Crippen molar-refractivity contribution in [2.75, 3.05) is 24.7 Å². The molecule has 124 valence electrons. The molecule has 0 aliphatic rings. The highest BCUT2D eigenvalue weighted by Gasteiger charge is 1.94. The van der Waals surface area contributed by atoms with Crippen LogP contribution in [0.1, 0.15) is 39.8 Å². The number of nitrogens with two attached hydrogens (primary N) is 1. The predicted octanol–water partition coefficient (Wildman–Crippen LogP) is 5.42. The number of aryl methyl sites for hydroxylation is 2. The van der Waals surface area contributed by atoms with Crippen molar-refractivity contribution in [3.8, 4) is 0 Å². The summed E-state index contributed by atoms with van der Waals surface area (Å²) in [5.74, 6) is 0. The van der Waals surface area contributed by atoms with Crippen LogP contribution in [0, 0.1) is 0 Å². The first-order chi connectivity index (χ1) is 9.56. The third kappa shape index (κ3) is 7.72. The third-order valence-corrected chi connectivity index (χ3v) is 3.19. The maximum absolute atomic E-state index is 5.53. The second kappa shape index (κ2) is 11.7. The molecule has 0 aliphatic heterocycles. The molecule has 0 aliphatic carbocycles. The number of nitrogens with zero attached hydrogens (tertiary/aromatic N) is 1. The van der Waals surface area contributed by atoms with E-state index in [1.807, 2.05) is 18.2 Å². The lowest BCUT2D eigenvalue weighted by atomic mass is 10.1. The standard InChI is InChI=1S/C10H15N.C8H11N.2CH4/c1-4-9-6-5-7-10(8-9)11(2)3;1-2-7-4-3-5-8(9)6-7;;/h5-8H,4H2,1-3H3;3-6H,2,9H2,1H3;2*1H4. The average molecular weight is 303 g/mol. The van der Waals surface area contributed by atoms with E-state index in [0.717, 1.165) is 18.5 Å². The van der Waals surface area contributed by atoms with Gasteiger partial charge in [0, 0.05) is 25.5 Å². The van der Waals surface area contributed by atoms with E-state index in [1.54, 1.807) is 0 Å². The van der Waals surface area contributed by atoms with E-state index in [4.69, 9.17) is 5.73 Å². The van der Waals surface area contributed by atoms with Gasteiger partial charge in [0.1, 0.15) is 0 Å². The van der Waals surface area contributed by atoms with Gasteiger partial charge in [-0.1, -0.05) is 53.0 Å². The zero-order valence-corrected chi connectivity index (χ0v) is 13.1. The summed E-state index contributed by atoms with van der Waals surface area (Å²) < 4.78 is 0. The number of nitrogen functional groups attached to an aromatic ring is 1. The molecular formula is C20H34N2. The van der Waals surface area contributed by atoms with Gasteiger partial charge in [0.25, 0.3) is 0 Å². The quantitative estimate of drug-likeness (QED) is 0.767. The molecule has 2 aromatic rings. The van der Waals surface area contributed by atoms with Gasteiger partial charge in [0.2, 0.25) is 0 Å². The smallest absolute Gasteiger partial charge is 0.0363 e. The van der Waals surface area contributed by atoms with E-state index in [-0.39, 0.29) is 14.9 Å². The summed E-state index contributed by atoms with van der Waals surface area (Å²) in [7, 11) is 4.13. The minimum Gasteiger partial charge on any atom is -0.399 e. The van der Waals surface area contributed by atoms with Crippen LogP contribution in [0.15, 0.2) is 48.5 Å². The normalized spacial score (nSPS) is 8.73. The van der Waals surface area contributed by atoms with Crippen LogP contribution >= 0.6 is 0 Å². The fourth-order valence-corrected chi connectivity index (χ4v) is 1.87. The Morgan fingerprint density at radius 2 is 1.32 bits per heavy atom. The minimum absolute atomic E-state index is 0. The van der Waals surface area contributed by atoms with Crippen molar-refractivity contribution in [3.63, 3.8) is 0 Å². The Balaban J connectivity index is 0. The van der Waals surface area contributed by atoms with Gasteiger partial charge in [0.05, 0.1) is 0 Å². The van der Waals surface area contributed by atoms with Gasteiger partial charge in [-0.2, -0.15) is 0 Å². The number of benzene rings is 2. The molecule has 22 heavy (non-hydrogen) atoms. The fourth-order valence-electron chi connectivity index (χ4n) is 1.87. The summed E-state index contributed by atoms with van der Waals surface area (Å²) in [6.45, 7) is 4.30. The summed E-state index contributed by atoms with van der Waals surface area (Å²) in [5.41, 5.74) is 10.4. The molecule has 0 spiro atoms. The van der Waals surface area contributed by atoms with Crippen LogP contribution in [0.4, 0.5) is 11.4 Å². The molecule has 0 saturated heterocycles. The van der Waals surface area contributed by atoms with Crippen molar-refractivity contribution in [3.05, 3.63) is 59.7 Å². The van der Waals surface area contributed by atoms with E-state index < -0.39 is 0 Å². The first-order valence-electron chi connectivity index (χ1n) is 7.17. The molecule has 2 nitrogen and oxygen atoms in total. The van der Waals surface area contributed by atoms with Gasteiger partial charge in [-0.25, -0.2) is 0 Å². The lowest BCUT2D eigenvalue weighted by molar-refractivity contribution is 1.10. The Morgan fingerprint density at radius 3 is 1.73 bits per heavy atom. The number of anilines is 2. The highest BCUT2D eigenvalue weighted by molar-refractivity contribution is 5.47. The maximum Gasteiger partial charge on any atom is 0.0363 e. The summed E-state index contributed by atoms with van der Waals surface area (Å²) in [6.07, 6.45) is 2.17. The van der Waals surface area contributed by atoms with Crippen LogP contribution in [0.25, 0.3) is 0 Å². The molecule has 2 aromatic carbocycles. The molecule has 2 heteroatoms. The topological polar surface area (TPSA) is 29.3 Å². The molecular weight excluding hydrogens is 268 g/mol. The summed E-state index contributed by atoms with van der Waals surface area (Å²) in [4.78, 5) is 2.12. The van der Waals surface area contributed by atoms with Crippen molar-refractivity contribution < 1.29 is 0 Å². The van der Waals surface area contributed by atoms with Crippen molar-refractivity contribution in [1.82, 2.24) is 0 Å². The van der Waals surface area contributed by atoms with E-state index in [1.165, 1.54) is 16.8 Å². The van der Waals surface area contributed by atoms with Gasteiger partial charge in [-0.3, -0.25) is 0 Å². The van der Waals surface area contributed by atoms with Crippen molar-refractivity contribution in [1.29, 1.82) is 0 Å². The van der Waals surface area contributed by atoms with Crippen molar-refractivity contribution >= 4 is 11.4 Å². The first-order valence-corrected chi connectivity index (χ1v) is 7.17. The molecule has 2 N–H and O–H groups in total. The van der Waals surface area contributed by atoms with Gasteiger partial charge in [-0.05, 0) is 48.2 Å². The number of rotatable bonds is 3. The average Bonchev–Trinajstić information content (AvgIpc) is 2.48. The van der Waals surface area contributed by atoms with E-state index >= 15 is 0 Å². The molecule has 2 rings (SSSR count). The van der Waals surface area contributed by atoms with Crippen LogP contribution in [-0.2, 0) is 12.8 Å². The highest BCUT2D eigenvalue weighted by Crippen LogP contribution is 2.13. The molecule has 0 saturated carbocycles. The van der Waals surface area contributed by atoms with Crippen molar-refractivity contribution in [2.45, 2.75) is 41.5 Å². The Labute approximate surface area is 138 Å². The zero-order valence-electron chi connectivity index (χ0n) is 13.1. The monoisotopic (exact) mass is 302 g/mol. The molecule has 0 bridgehead atoms. The maximum atomic E-state index is 5.53. The van der Waals surface area contributed by atoms with Crippen LogP contribution < -0.4 is 10.6 Å². The number of hydrogen-bond donors (Lipinski definition) is 1. The van der Waals surface area contributed by atoms with Gasteiger partial charge in [0.15, 0.2) is 0 Å². The summed E-state index contributed by atoms with van der Waals surface area (Å²) in [6, 6.07) is 16.6. The molecule has 0 aromatic heterocycles. The van der Waals surface area contributed by atoms with Crippen LogP contribution in [0.5, 0.6) is 0 Å². The third-order valence-electron chi connectivity index (χ3n) is 3.19. The van der Waals surface area contributed by atoms with Gasteiger partial charge < -0.3 is 10.6 Å². The summed E-state index contributed by atoms with van der Waals surface area (Å²) in [5, 5.41) is 0. The lowest BCUT2D eigenvalue weighted by Crippen LogP contribution is -2.08. The molecule has 0 fully saturated rings. The SMILES string of the molecule is C.C.CCc1cccc(N(C)C)c1.CCc1cccc(N)c1. The molecule has 0 heterocycles. The molecule has 0 unspecified atom stereocenters. The van der Waals surface area contributed by atoms with Gasteiger partial charge in [-0.15, -0.1) is 0 Å². The predicted molar refractivity (Wildman–Crippen MR) is 104 cm³/mol. The Kier molecular flexibility index (Phi) is 11.8. The number of hydrogen-bond acceptors (Lipinski definition) is 2. The fraction of sp³-hybridized carbons (Fsp3) is 0.400. The van der Waals surface area contributed by atoms with E-state index in [0.29, 0.717) is 0 Å². The molecule has 0 atom stereocenters. The lowest BCUT2D eigenvalue weighted by Gasteiger charge is -2.12. The van der Waals surface area contributed by atoms with Crippen molar-refractivity contribution in [2.24, 2.45) is 0 Å². The minimum atomic E-state index is 0. The van der Waals surface area contributed by atoms with E-state index in [9.17, 15) is 0 Å². The second-order valence-corrected chi connectivity index (χ2v) is 5.02. The zero-order chi connectivity index (χ0) is 15.0. The highest BCUT2D eigenvalue weighted by atomic mass is 15.1. The van der Waals surface area contributed by atoms with E-state index in [2.05, 4.69) is 63.2 Å². The Morgan fingerprint density at radius 1 is 0.818 bits per heavy atom. The van der Waals surface area contributed by atoms with Crippen LogP contribution in [0.3, 0.4) is 0 Å². The summed E-state index contributed by atoms with van der Waals surface area (Å²) >= 11 is 0. The Bertz CT molecular complexity index is 519. The molecule has 0 amide bonds. The molecule has 0 radical (unpaired) electrons. The first kappa shape index (κ1) is 22.3. The van der Waals surface area contributed by atoms with Gasteiger partial charge >= 0.3 is 0 Å². The largest absolute Gasteiger partial charge is 0.399 e. The van der Waals surface area contributed by atoms with Crippen LogP contribution in [0.2, 0.25) is 0 Å².